The average Bonchev–Trinajstić information content (AvgIpc) is 3.16. The third-order valence-corrected chi connectivity index (χ3v) is 5.81. The molecule has 162 valence electrons. The SMILES string of the molecule is Cc1ccc(CNC(=O)C2=NOC3(CCCN(C(=O)Cc4cccc(F)c4)C3)C2)cc1. The number of carbonyl (C=O) groups is 2. The maximum absolute atomic E-state index is 13.4. The number of benzene rings is 2. The predicted octanol–water partition coefficient (Wildman–Crippen LogP) is 3.13. The van der Waals surface area contributed by atoms with Crippen LogP contribution in [-0.2, 0) is 27.4 Å². The molecule has 1 N–H and O–H groups in total. The van der Waals surface area contributed by atoms with E-state index in [2.05, 4.69) is 10.5 Å². The molecule has 2 aromatic carbocycles. The van der Waals surface area contributed by atoms with E-state index in [1.807, 2.05) is 31.2 Å². The lowest BCUT2D eigenvalue weighted by Gasteiger charge is -2.38. The highest BCUT2D eigenvalue weighted by atomic mass is 19.1. The van der Waals surface area contributed by atoms with Crippen LogP contribution in [0.1, 0.15) is 36.0 Å². The molecule has 6 nitrogen and oxygen atoms in total. The first-order chi connectivity index (χ1) is 14.9. The van der Waals surface area contributed by atoms with Crippen LogP contribution in [0.2, 0.25) is 0 Å². The van der Waals surface area contributed by atoms with Gasteiger partial charge in [0.25, 0.3) is 5.91 Å². The first-order valence-corrected chi connectivity index (χ1v) is 10.5. The molecular formula is C24H26FN3O3. The first kappa shape index (κ1) is 21.0. The number of nitrogens with zero attached hydrogens (tertiary/aromatic N) is 2. The van der Waals surface area contributed by atoms with Crippen LogP contribution in [0.15, 0.2) is 53.7 Å². The Morgan fingerprint density at radius 2 is 2.00 bits per heavy atom. The zero-order valence-electron chi connectivity index (χ0n) is 17.6. The molecule has 31 heavy (non-hydrogen) atoms. The number of carbonyl (C=O) groups excluding carboxylic acids is 2. The Morgan fingerprint density at radius 3 is 2.77 bits per heavy atom. The summed E-state index contributed by atoms with van der Waals surface area (Å²) in [5, 5.41) is 6.93. The molecule has 2 aliphatic rings. The lowest BCUT2D eigenvalue weighted by molar-refractivity contribution is -0.139. The van der Waals surface area contributed by atoms with Crippen molar-refractivity contribution in [2.45, 2.75) is 44.8 Å². The third kappa shape index (κ3) is 5.10. The molecule has 2 aromatic rings. The largest absolute Gasteiger partial charge is 0.386 e. The summed E-state index contributed by atoms with van der Waals surface area (Å²) in [6, 6.07) is 14.1. The van der Waals surface area contributed by atoms with E-state index in [0.717, 1.165) is 18.4 Å². The molecule has 1 unspecified atom stereocenters. The van der Waals surface area contributed by atoms with Crippen LogP contribution in [0.25, 0.3) is 0 Å². The van der Waals surface area contributed by atoms with Crippen LogP contribution < -0.4 is 5.32 Å². The van der Waals surface area contributed by atoms with E-state index >= 15 is 0 Å². The number of rotatable bonds is 5. The van der Waals surface area contributed by atoms with E-state index in [1.54, 1.807) is 17.0 Å². The Labute approximate surface area is 181 Å². The third-order valence-electron chi connectivity index (χ3n) is 5.81. The minimum Gasteiger partial charge on any atom is -0.386 e. The van der Waals surface area contributed by atoms with Crippen molar-refractivity contribution < 1.29 is 18.8 Å². The topological polar surface area (TPSA) is 71.0 Å². The summed E-state index contributed by atoms with van der Waals surface area (Å²) in [5.41, 5.74) is 2.52. The highest BCUT2D eigenvalue weighted by molar-refractivity contribution is 6.39. The summed E-state index contributed by atoms with van der Waals surface area (Å²) < 4.78 is 13.4. The summed E-state index contributed by atoms with van der Waals surface area (Å²) in [6.45, 7) is 3.43. The number of hydrogen-bond acceptors (Lipinski definition) is 4. The molecular weight excluding hydrogens is 397 g/mol. The normalized spacial score (nSPS) is 20.3. The van der Waals surface area contributed by atoms with E-state index in [9.17, 15) is 14.0 Å². The molecule has 1 spiro atoms. The van der Waals surface area contributed by atoms with Crippen LogP contribution >= 0.6 is 0 Å². The molecule has 1 saturated heterocycles. The number of likely N-dealkylation sites (tertiary alicyclic amines) is 1. The summed E-state index contributed by atoms with van der Waals surface area (Å²) in [5.74, 6) is -0.680. The summed E-state index contributed by atoms with van der Waals surface area (Å²) in [4.78, 5) is 32.8. The van der Waals surface area contributed by atoms with E-state index in [4.69, 9.17) is 4.84 Å². The van der Waals surface area contributed by atoms with Gasteiger partial charge in [-0.05, 0) is 43.0 Å². The van der Waals surface area contributed by atoms with Crippen molar-refractivity contribution in [3.8, 4) is 0 Å². The van der Waals surface area contributed by atoms with Gasteiger partial charge < -0.3 is 15.1 Å². The molecule has 2 heterocycles. The fraction of sp³-hybridized carbons (Fsp3) is 0.375. The molecule has 2 amide bonds. The van der Waals surface area contributed by atoms with Gasteiger partial charge in [0, 0.05) is 19.5 Å². The number of oxime groups is 1. The number of piperidine rings is 1. The molecule has 0 radical (unpaired) electrons. The Kier molecular flexibility index (Phi) is 6.02. The number of nitrogens with one attached hydrogen (secondary N) is 1. The van der Waals surface area contributed by atoms with E-state index < -0.39 is 5.60 Å². The van der Waals surface area contributed by atoms with Gasteiger partial charge in [-0.3, -0.25) is 9.59 Å². The van der Waals surface area contributed by atoms with Crippen molar-refractivity contribution in [2.75, 3.05) is 13.1 Å². The molecule has 0 saturated carbocycles. The summed E-state index contributed by atoms with van der Waals surface area (Å²) in [6.07, 6.45) is 2.01. The number of amides is 2. The van der Waals surface area contributed by atoms with Crippen molar-refractivity contribution in [2.24, 2.45) is 5.16 Å². The lowest BCUT2D eigenvalue weighted by atomic mass is 9.87. The smallest absolute Gasteiger partial charge is 0.269 e. The van der Waals surface area contributed by atoms with E-state index in [1.165, 1.54) is 17.7 Å². The van der Waals surface area contributed by atoms with E-state index in [0.29, 0.717) is 37.3 Å². The fourth-order valence-electron chi connectivity index (χ4n) is 4.10. The van der Waals surface area contributed by atoms with Gasteiger partial charge in [-0.2, -0.15) is 0 Å². The van der Waals surface area contributed by atoms with Crippen LogP contribution in [0, 0.1) is 12.7 Å². The van der Waals surface area contributed by atoms with Gasteiger partial charge in [-0.25, -0.2) is 4.39 Å². The van der Waals surface area contributed by atoms with Gasteiger partial charge >= 0.3 is 0 Å². The standard InChI is InChI=1S/C24H26FN3O3/c1-17-6-8-18(9-7-17)15-26-23(30)21-14-24(31-27-21)10-3-11-28(16-24)22(29)13-19-4-2-5-20(25)12-19/h2,4-9,12H,3,10-11,13-16H2,1H3,(H,26,30). The van der Waals surface area contributed by atoms with Gasteiger partial charge in [0.15, 0.2) is 5.60 Å². The second-order valence-corrected chi connectivity index (χ2v) is 8.38. The second kappa shape index (κ2) is 8.88. The van der Waals surface area contributed by atoms with Gasteiger partial charge in [0.05, 0.1) is 13.0 Å². The Bertz CT molecular complexity index is 1010. The quantitative estimate of drug-likeness (QED) is 0.803. The number of halogens is 1. The van der Waals surface area contributed by atoms with Crippen LogP contribution in [-0.4, -0.2) is 41.1 Å². The highest BCUT2D eigenvalue weighted by Crippen LogP contribution is 2.33. The summed E-state index contributed by atoms with van der Waals surface area (Å²) in [7, 11) is 0. The maximum atomic E-state index is 13.4. The van der Waals surface area contributed by atoms with Gasteiger partial charge in [-0.15, -0.1) is 0 Å². The molecule has 0 aliphatic carbocycles. The van der Waals surface area contributed by atoms with Crippen LogP contribution in [0.5, 0.6) is 0 Å². The Morgan fingerprint density at radius 1 is 1.19 bits per heavy atom. The second-order valence-electron chi connectivity index (χ2n) is 8.38. The average molecular weight is 423 g/mol. The zero-order valence-corrected chi connectivity index (χ0v) is 17.6. The van der Waals surface area contributed by atoms with Crippen molar-refractivity contribution >= 4 is 17.5 Å². The molecule has 0 aromatic heterocycles. The lowest BCUT2D eigenvalue weighted by Crippen LogP contribution is -2.51. The van der Waals surface area contributed by atoms with E-state index in [-0.39, 0.29) is 24.1 Å². The molecule has 0 bridgehead atoms. The molecule has 1 fully saturated rings. The van der Waals surface area contributed by atoms with Crippen molar-refractivity contribution in [1.82, 2.24) is 10.2 Å². The zero-order chi connectivity index (χ0) is 21.8. The Balaban J connectivity index is 1.32. The first-order valence-electron chi connectivity index (χ1n) is 10.5. The van der Waals surface area contributed by atoms with Crippen molar-refractivity contribution in [3.63, 3.8) is 0 Å². The van der Waals surface area contributed by atoms with Crippen LogP contribution in [0.4, 0.5) is 4.39 Å². The van der Waals surface area contributed by atoms with Gasteiger partial charge in [-0.1, -0.05) is 47.1 Å². The number of hydrogen-bond donors (Lipinski definition) is 1. The molecule has 7 heteroatoms. The van der Waals surface area contributed by atoms with Gasteiger partial charge in [0.2, 0.25) is 5.91 Å². The van der Waals surface area contributed by atoms with Gasteiger partial charge in [0.1, 0.15) is 11.5 Å². The minimum absolute atomic E-state index is 0.0782. The Hall–Kier alpha value is -3.22. The predicted molar refractivity (Wildman–Crippen MR) is 115 cm³/mol. The van der Waals surface area contributed by atoms with Crippen LogP contribution in [0.3, 0.4) is 0 Å². The van der Waals surface area contributed by atoms with Crippen molar-refractivity contribution in [3.05, 3.63) is 71.0 Å². The molecule has 2 aliphatic heterocycles. The maximum Gasteiger partial charge on any atom is 0.269 e. The molecule has 4 rings (SSSR count). The highest BCUT2D eigenvalue weighted by Gasteiger charge is 2.45. The van der Waals surface area contributed by atoms with Crippen molar-refractivity contribution in [1.29, 1.82) is 0 Å². The monoisotopic (exact) mass is 423 g/mol. The minimum atomic E-state index is -0.660. The molecule has 1 atom stereocenters. The number of aryl methyl sites for hydroxylation is 1. The fourth-order valence-corrected chi connectivity index (χ4v) is 4.10. The summed E-state index contributed by atoms with van der Waals surface area (Å²) >= 11 is 0.